The fourth-order valence-electron chi connectivity index (χ4n) is 1.91. The van der Waals surface area contributed by atoms with E-state index in [1.807, 2.05) is 14.1 Å². The summed E-state index contributed by atoms with van der Waals surface area (Å²) in [5.41, 5.74) is 2.43. The third-order valence-electron chi connectivity index (χ3n) is 3.10. The number of nitrogens with zero attached hydrogens (tertiary/aromatic N) is 4. The van der Waals surface area contributed by atoms with Gasteiger partial charge in [-0.15, -0.1) is 0 Å². The van der Waals surface area contributed by atoms with Gasteiger partial charge in [-0.05, 0) is 24.6 Å². The van der Waals surface area contributed by atoms with Crippen LogP contribution < -0.4 is 9.80 Å². The zero-order valence-corrected chi connectivity index (χ0v) is 12.8. The minimum atomic E-state index is 0.556. The van der Waals surface area contributed by atoms with Crippen molar-refractivity contribution in [3.05, 3.63) is 47.2 Å². The molecule has 0 fully saturated rings. The van der Waals surface area contributed by atoms with Crippen LogP contribution in [0, 0.1) is 0 Å². The summed E-state index contributed by atoms with van der Waals surface area (Å²) in [6, 6.07) is 8.50. The van der Waals surface area contributed by atoms with E-state index in [1.165, 1.54) is 11.3 Å². The number of aromatic nitrogens is 2. The topological polar surface area (TPSA) is 32.3 Å². The summed E-state index contributed by atoms with van der Waals surface area (Å²) < 4.78 is 0. The second kappa shape index (κ2) is 6.57. The number of halogens is 1. The fourth-order valence-corrected chi connectivity index (χ4v) is 2.01. The van der Waals surface area contributed by atoms with Gasteiger partial charge in [0.25, 0.3) is 0 Å². The predicted octanol–water partition coefficient (Wildman–Crippen LogP) is 3.22. The van der Waals surface area contributed by atoms with Gasteiger partial charge in [-0.2, -0.15) is 0 Å². The molecule has 4 nitrogen and oxygen atoms in total. The molecule has 0 saturated heterocycles. The molecule has 0 spiro atoms. The number of hydrogen-bond acceptors (Lipinski definition) is 4. The lowest BCUT2D eigenvalue weighted by molar-refractivity contribution is 0.791. The van der Waals surface area contributed by atoms with Gasteiger partial charge in [-0.3, -0.25) is 0 Å². The molecule has 0 aliphatic carbocycles. The minimum Gasteiger partial charge on any atom is -0.378 e. The van der Waals surface area contributed by atoms with Crippen molar-refractivity contribution in [1.29, 1.82) is 0 Å². The van der Waals surface area contributed by atoms with Gasteiger partial charge >= 0.3 is 0 Å². The molecule has 0 N–H and O–H groups in total. The molecule has 1 aromatic heterocycles. The number of rotatable bonds is 5. The lowest BCUT2D eigenvalue weighted by Gasteiger charge is -2.21. The first-order valence-electron chi connectivity index (χ1n) is 6.59. The van der Waals surface area contributed by atoms with Crippen molar-refractivity contribution in [2.75, 3.05) is 30.4 Å². The molecule has 0 aliphatic heterocycles. The summed E-state index contributed by atoms with van der Waals surface area (Å²) in [6.07, 6.45) is 3.25. The Morgan fingerprint density at radius 1 is 1.05 bits per heavy atom. The molecule has 0 saturated carbocycles. The van der Waals surface area contributed by atoms with Crippen LogP contribution in [0.3, 0.4) is 0 Å². The van der Waals surface area contributed by atoms with Crippen LogP contribution in [0.25, 0.3) is 0 Å². The standard InChI is InChI=1S/C15H19ClN4/c1-4-20(15-17-9-13(16)10-18-15)11-12-5-7-14(8-6-12)19(2)3/h5-10H,4,11H2,1-3H3. The molecule has 1 aromatic carbocycles. The highest BCUT2D eigenvalue weighted by Gasteiger charge is 2.08. The van der Waals surface area contributed by atoms with Crippen molar-refractivity contribution in [2.24, 2.45) is 0 Å². The summed E-state index contributed by atoms with van der Waals surface area (Å²) in [4.78, 5) is 12.7. The van der Waals surface area contributed by atoms with Crippen LogP contribution in [-0.4, -0.2) is 30.6 Å². The van der Waals surface area contributed by atoms with Crippen LogP contribution in [-0.2, 0) is 6.54 Å². The number of anilines is 2. The first kappa shape index (κ1) is 14.6. The normalized spacial score (nSPS) is 10.4. The zero-order chi connectivity index (χ0) is 14.5. The molecule has 1 heterocycles. The molecule has 106 valence electrons. The number of benzene rings is 1. The van der Waals surface area contributed by atoms with E-state index in [9.17, 15) is 0 Å². The van der Waals surface area contributed by atoms with E-state index in [-0.39, 0.29) is 0 Å². The predicted molar refractivity (Wildman–Crippen MR) is 84.5 cm³/mol. The van der Waals surface area contributed by atoms with Gasteiger partial charge in [0.05, 0.1) is 17.4 Å². The van der Waals surface area contributed by atoms with E-state index < -0.39 is 0 Å². The van der Waals surface area contributed by atoms with Crippen molar-refractivity contribution in [2.45, 2.75) is 13.5 Å². The first-order valence-corrected chi connectivity index (χ1v) is 6.96. The van der Waals surface area contributed by atoms with E-state index in [0.29, 0.717) is 11.0 Å². The maximum Gasteiger partial charge on any atom is 0.225 e. The second-order valence-electron chi connectivity index (χ2n) is 4.78. The average Bonchev–Trinajstić information content (AvgIpc) is 2.46. The Morgan fingerprint density at radius 3 is 2.15 bits per heavy atom. The third-order valence-corrected chi connectivity index (χ3v) is 3.29. The molecule has 2 rings (SSSR count). The van der Waals surface area contributed by atoms with E-state index in [0.717, 1.165) is 13.1 Å². The van der Waals surface area contributed by atoms with Gasteiger partial charge in [0.1, 0.15) is 0 Å². The van der Waals surface area contributed by atoms with Crippen molar-refractivity contribution < 1.29 is 0 Å². The third kappa shape index (κ3) is 3.61. The Balaban J connectivity index is 2.11. The summed E-state index contributed by atoms with van der Waals surface area (Å²) in [5, 5.41) is 0.556. The molecule has 0 bridgehead atoms. The summed E-state index contributed by atoms with van der Waals surface area (Å²) in [5.74, 6) is 0.702. The quantitative estimate of drug-likeness (QED) is 0.846. The fraction of sp³-hybridized carbons (Fsp3) is 0.333. The lowest BCUT2D eigenvalue weighted by atomic mass is 10.2. The molecular weight excluding hydrogens is 272 g/mol. The van der Waals surface area contributed by atoms with E-state index in [2.05, 4.69) is 51.0 Å². The number of hydrogen-bond donors (Lipinski definition) is 0. The van der Waals surface area contributed by atoms with Crippen LogP contribution in [0.1, 0.15) is 12.5 Å². The van der Waals surface area contributed by atoms with Gasteiger partial charge < -0.3 is 9.80 Å². The Hall–Kier alpha value is -1.81. The highest BCUT2D eigenvalue weighted by molar-refractivity contribution is 6.30. The van der Waals surface area contributed by atoms with Crippen LogP contribution in [0.2, 0.25) is 5.02 Å². The second-order valence-corrected chi connectivity index (χ2v) is 5.21. The molecule has 2 aromatic rings. The Kier molecular flexibility index (Phi) is 4.79. The smallest absolute Gasteiger partial charge is 0.225 e. The molecule has 0 amide bonds. The molecule has 20 heavy (non-hydrogen) atoms. The summed E-state index contributed by atoms with van der Waals surface area (Å²) in [7, 11) is 4.07. The largest absolute Gasteiger partial charge is 0.378 e. The molecule has 5 heteroatoms. The maximum atomic E-state index is 5.82. The van der Waals surface area contributed by atoms with Crippen molar-refractivity contribution in [3.8, 4) is 0 Å². The van der Waals surface area contributed by atoms with Crippen molar-refractivity contribution in [1.82, 2.24) is 9.97 Å². The van der Waals surface area contributed by atoms with Gasteiger partial charge in [-0.1, -0.05) is 23.7 Å². The van der Waals surface area contributed by atoms with Crippen LogP contribution in [0.15, 0.2) is 36.7 Å². The molecule has 0 aliphatic rings. The van der Waals surface area contributed by atoms with Crippen molar-refractivity contribution >= 4 is 23.2 Å². The SMILES string of the molecule is CCN(Cc1ccc(N(C)C)cc1)c1ncc(Cl)cn1. The van der Waals surface area contributed by atoms with Gasteiger partial charge in [-0.25, -0.2) is 9.97 Å². The van der Waals surface area contributed by atoms with E-state index >= 15 is 0 Å². The van der Waals surface area contributed by atoms with E-state index in [1.54, 1.807) is 12.4 Å². The molecule has 0 atom stereocenters. The summed E-state index contributed by atoms with van der Waals surface area (Å²) >= 11 is 5.82. The minimum absolute atomic E-state index is 0.556. The first-order chi connectivity index (χ1) is 9.60. The van der Waals surface area contributed by atoms with Gasteiger partial charge in [0.15, 0.2) is 0 Å². The van der Waals surface area contributed by atoms with Gasteiger partial charge in [0, 0.05) is 32.9 Å². The van der Waals surface area contributed by atoms with Crippen LogP contribution >= 0.6 is 11.6 Å². The van der Waals surface area contributed by atoms with Crippen LogP contribution in [0.4, 0.5) is 11.6 Å². The molecule has 0 unspecified atom stereocenters. The van der Waals surface area contributed by atoms with E-state index in [4.69, 9.17) is 11.6 Å². The Labute approximate surface area is 125 Å². The Morgan fingerprint density at radius 2 is 1.65 bits per heavy atom. The monoisotopic (exact) mass is 290 g/mol. The molecule has 0 radical (unpaired) electrons. The lowest BCUT2D eigenvalue weighted by Crippen LogP contribution is -2.24. The highest BCUT2D eigenvalue weighted by Crippen LogP contribution is 2.16. The summed E-state index contributed by atoms with van der Waals surface area (Å²) in [6.45, 7) is 3.72. The van der Waals surface area contributed by atoms with Crippen LogP contribution in [0.5, 0.6) is 0 Å². The van der Waals surface area contributed by atoms with Gasteiger partial charge in [0.2, 0.25) is 5.95 Å². The zero-order valence-electron chi connectivity index (χ0n) is 12.0. The maximum absolute atomic E-state index is 5.82. The highest BCUT2D eigenvalue weighted by atomic mass is 35.5. The molecular formula is C15H19ClN4. The van der Waals surface area contributed by atoms with Crippen molar-refractivity contribution in [3.63, 3.8) is 0 Å². The Bertz CT molecular complexity index is 537. The average molecular weight is 291 g/mol.